The predicted octanol–water partition coefficient (Wildman–Crippen LogP) is 6.42. The van der Waals surface area contributed by atoms with E-state index in [1.54, 1.807) is 60.7 Å². The molecule has 1 saturated carbocycles. The quantitative estimate of drug-likeness (QED) is 0.196. The number of carbonyl (C=O) groups is 4. The van der Waals surface area contributed by atoms with Gasteiger partial charge in [-0.3, -0.25) is 24.1 Å². The third kappa shape index (κ3) is 4.15. The van der Waals surface area contributed by atoms with Crippen molar-refractivity contribution in [3.63, 3.8) is 0 Å². The Balaban J connectivity index is 1.37. The van der Waals surface area contributed by atoms with Crippen LogP contribution < -0.4 is 14.5 Å². The Kier molecular flexibility index (Phi) is 7.03. The smallest absolute Gasteiger partial charge is 0.246 e. The first-order chi connectivity index (χ1) is 23.3. The van der Waals surface area contributed by atoms with Crippen LogP contribution in [0, 0.1) is 23.7 Å². The van der Waals surface area contributed by atoms with Crippen molar-refractivity contribution in [3.8, 4) is 11.5 Å². The van der Waals surface area contributed by atoms with Crippen molar-refractivity contribution in [1.29, 1.82) is 0 Å². The van der Waals surface area contributed by atoms with Crippen LogP contribution in [0.15, 0.2) is 115 Å². The fraction of sp³-hybridized carbons (Fsp3) is 0.231. The van der Waals surface area contributed by atoms with Crippen LogP contribution in [0.1, 0.15) is 29.9 Å². The summed E-state index contributed by atoms with van der Waals surface area (Å²) in [5.41, 5.74) is 1.19. The fourth-order valence-electron chi connectivity index (χ4n) is 8.81. The molecule has 9 heteroatoms. The molecular weight excluding hydrogens is 628 g/mol. The first-order valence-corrected chi connectivity index (χ1v) is 16.3. The van der Waals surface area contributed by atoms with Crippen LogP contribution in [0.2, 0.25) is 5.02 Å². The molecule has 1 N–H and O–H groups in total. The maximum atomic E-state index is 15.3. The van der Waals surface area contributed by atoms with E-state index in [1.165, 1.54) is 23.0 Å². The number of halogens is 1. The Morgan fingerprint density at radius 1 is 0.771 bits per heavy atom. The van der Waals surface area contributed by atoms with Crippen molar-refractivity contribution in [2.24, 2.45) is 23.7 Å². The Morgan fingerprint density at radius 3 is 2.17 bits per heavy atom. The van der Waals surface area contributed by atoms with Crippen LogP contribution in [0.3, 0.4) is 0 Å². The van der Waals surface area contributed by atoms with E-state index in [0.717, 1.165) is 5.57 Å². The highest BCUT2D eigenvalue weighted by molar-refractivity contribution is 6.32. The summed E-state index contributed by atoms with van der Waals surface area (Å²) in [6, 6.07) is 29.7. The van der Waals surface area contributed by atoms with Gasteiger partial charge in [-0.25, -0.2) is 4.90 Å². The van der Waals surface area contributed by atoms with E-state index in [0.29, 0.717) is 33.3 Å². The Labute approximate surface area is 282 Å². The minimum absolute atomic E-state index is 0.0988. The lowest BCUT2D eigenvalue weighted by atomic mass is 9.49. The maximum Gasteiger partial charge on any atom is 0.246 e. The summed E-state index contributed by atoms with van der Waals surface area (Å²) in [6.07, 6.45) is 2.42. The van der Waals surface area contributed by atoms with E-state index in [-0.39, 0.29) is 30.4 Å². The highest BCUT2D eigenvalue weighted by Gasteiger charge is 2.70. The number of benzene rings is 4. The highest BCUT2D eigenvalue weighted by Crippen LogP contribution is 2.65. The molecule has 6 atom stereocenters. The van der Waals surface area contributed by atoms with Gasteiger partial charge in [0.1, 0.15) is 11.5 Å². The topological polar surface area (TPSA) is 104 Å². The van der Waals surface area contributed by atoms with Gasteiger partial charge in [-0.15, -0.1) is 0 Å². The number of methoxy groups -OCH3 is 1. The normalized spacial score (nSPS) is 27.8. The van der Waals surface area contributed by atoms with E-state index in [9.17, 15) is 19.5 Å². The zero-order chi connectivity index (χ0) is 33.3. The number of imide groups is 2. The molecular formula is C39H31ClN2O6. The zero-order valence-electron chi connectivity index (χ0n) is 26.0. The standard InChI is InChI=1S/C39H31ClN2O6/c1-48-26-15-16-28(32(43)20-26)34-27-17-18-29-33(37(46)41(35(29)44)24-12-6-3-7-13-24)30(27)21-31-36(45)42(25-14-8-11-23(40)19-25)38(47)39(31,34)22-9-4-2-5-10-22/h2-17,19-20,29-31,33-34,43H,18,21H2,1H3. The molecule has 240 valence electrons. The third-order valence-electron chi connectivity index (χ3n) is 10.7. The SMILES string of the molecule is COc1ccc(C2C3=CCC4C(=O)N(c5ccccc5)C(=O)C4C3CC3C(=O)N(c4cccc(Cl)c4)C(=O)C32c2ccccc2)c(O)c1. The number of hydrogen-bond acceptors (Lipinski definition) is 6. The maximum absolute atomic E-state index is 15.3. The van der Waals surface area contributed by atoms with Crippen molar-refractivity contribution in [2.45, 2.75) is 24.2 Å². The molecule has 4 aromatic rings. The Morgan fingerprint density at radius 2 is 1.48 bits per heavy atom. The van der Waals surface area contributed by atoms with E-state index in [4.69, 9.17) is 16.3 Å². The summed E-state index contributed by atoms with van der Waals surface area (Å²) in [7, 11) is 1.50. The van der Waals surface area contributed by atoms with Crippen LogP contribution in [0.5, 0.6) is 11.5 Å². The average Bonchev–Trinajstić information content (AvgIpc) is 3.49. The molecule has 2 aliphatic carbocycles. The van der Waals surface area contributed by atoms with Crippen LogP contribution in [0.4, 0.5) is 11.4 Å². The van der Waals surface area contributed by atoms with E-state index in [2.05, 4.69) is 0 Å². The molecule has 4 aliphatic rings. The number of amides is 4. The summed E-state index contributed by atoms with van der Waals surface area (Å²) in [5.74, 6) is -4.78. The molecule has 48 heavy (non-hydrogen) atoms. The number of phenolic OH excluding ortho intramolecular Hbond substituents is 1. The van der Waals surface area contributed by atoms with Crippen LogP contribution in [0.25, 0.3) is 0 Å². The molecule has 4 amide bonds. The first-order valence-electron chi connectivity index (χ1n) is 16.0. The van der Waals surface area contributed by atoms with Gasteiger partial charge in [0.05, 0.1) is 41.7 Å². The summed E-state index contributed by atoms with van der Waals surface area (Å²) in [4.78, 5) is 60.8. The molecule has 0 spiro atoms. The van der Waals surface area contributed by atoms with E-state index < -0.39 is 46.8 Å². The molecule has 2 aliphatic heterocycles. The van der Waals surface area contributed by atoms with Gasteiger partial charge in [-0.1, -0.05) is 83.9 Å². The molecule has 6 unspecified atom stereocenters. The second-order valence-electron chi connectivity index (χ2n) is 12.9. The van der Waals surface area contributed by atoms with E-state index >= 15 is 4.79 Å². The van der Waals surface area contributed by atoms with Crippen LogP contribution >= 0.6 is 11.6 Å². The van der Waals surface area contributed by atoms with Crippen LogP contribution in [-0.4, -0.2) is 35.8 Å². The predicted molar refractivity (Wildman–Crippen MR) is 180 cm³/mol. The van der Waals surface area contributed by atoms with Gasteiger partial charge in [0, 0.05) is 22.6 Å². The number of phenols is 1. The number of anilines is 2. The van der Waals surface area contributed by atoms with Gasteiger partial charge in [0.25, 0.3) is 0 Å². The lowest BCUT2D eigenvalue weighted by Crippen LogP contribution is -2.53. The number of para-hydroxylation sites is 1. The van der Waals surface area contributed by atoms with Gasteiger partial charge in [0.2, 0.25) is 23.6 Å². The second-order valence-corrected chi connectivity index (χ2v) is 13.3. The minimum Gasteiger partial charge on any atom is -0.508 e. The lowest BCUT2D eigenvalue weighted by molar-refractivity contribution is -0.127. The van der Waals surface area contributed by atoms with Gasteiger partial charge in [-0.05, 0) is 60.7 Å². The first kappa shape index (κ1) is 30.1. The largest absolute Gasteiger partial charge is 0.508 e. The number of hydrogen-bond donors (Lipinski definition) is 1. The van der Waals surface area contributed by atoms with E-state index in [1.807, 2.05) is 42.5 Å². The molecule has 8 nitrogen and oxygen atoms in total. The number of ether oxygens (including phenoxy) is 1. The number of aromatic hydroxyl groups is 1. The Bertz CT molecular complexity index is 2030. The van der Waals surface area contributed by atoms with Gasteiger partial charge in [-0.2, -0.15) is 0 Å². The second kappa shape index (κ2) is 11.2. The monoisotopic (exact) mass is 658 g/mol. The van der Waals surface area contributed by atoms with Crippen molar-refractivity contribution in [1.82, 2.24) is 0 Å². The lowest BCUT2D eigenvalue weighted by Gasteiger charge is -2.50. The summed E-state index contributed by atoms with van der Waals surface area (Å²) < 4.78 is 5.40. The molecule has 4 aromatic carbocycles. The molecule has 2 saturated heterocycles. The Hall–Kier alpha value is -5.21. The number of fused-ring (bicyclic) bond motifs is 4. The minimum atomic E-state index is -1.48. The molecule has 0 radical (unpaired) electrons. The van der Waals surface area contributed by atoms with Crippen molar-refractivity contribution < 1.29 is 29.0 Å². The number of nitrogens with zero attached hydrogens (tertiary/aromatic N) is 2. The van der Waals surface area contributed by atoms with Crippen molar-refractivity contribution in [2.75, 3.05) is 16.9 Å². The fourth-order valence-corrected chi connectivity index (χ4v) is 9.00. The number of rotatable bonds is 5. The van der Waals surface area contributed by atoms with Gasteiger partial charge < -0.3 is 9.84 Å². The van der Waals surface area contributed by atoms with Crippen LogP contribution in [-0.2, 0) is 24.6 Å². The molecule has 0 bridgehead atoms. The summed E-state index contributed by atoms with van der Waals surface area (Å²) >= 11 is 6.37. The molecule has 8 rings (SSSR count). The highest BCUT2D eigenvalue weighted by atomic mass is 35.5. The molecule has 2 heterocycles. The number of allylic oxidation sites excluding steroid dienone is 2. The zero-order valence-corrected chi connectivity index (χ0v) is 26.7. The van der Waals surface area contributed by atoms with Gasteiger partial charge in [0.15, 0.2) is 0 Å². The summed E-state index contributed by atoms with van der Waals surface area (Å²) in [6.45, 7) is 0. The van der Waals surface area contributed by atoms with Gasteiger partial charge >= 0.3 is 0 Å². The number of carbonyl (C=O) groups excluding carboxylic acids is 4. The molecule has 3 fully saturated rings. The third-order valence-corrected chi connectivity index (χ3v) is 11.0. The van der Waals surface area contributed by atoms with Crippen molar-refractivity contribution >= 4 is 46.6 Å². The average molecular weight is 659 g/mol. The van der Waals surface area contributed by atoms with Crippen molar-refractivity contribution in [3.05, 3.63) is 131 Å². The molecule has 0 aromatic heterocycles. The summed E-state index contributed by atoms with van der Waals surface area (Å²) in [5, 5.41) is 12.0.